The zero-order valence-corrected chi connectivity index (χ0v) is 20.0. The van der Waals surface area contributed by atoms with Crippen LogP contribution >= 0.6 is 35.3 Å². The summed E-state index contributed by atoms with van der Waals surface area (Å²) in [5.74, 6) is 1.48. The Labute approximate surface area is 188 Å². The molecule has 6 nitrogen and oxygen atoms in total. The van der Waals surface area contributed by atoms with Gasteiger partial charge in [-0.1, -0.05) is 6.42 Å². The third-order valence-corrected chi connectivity index (χ3v) is 5.88. The quantitative estimate of drug-likeness (QED) is 0.340. The lowest BCUT2D eigenvalue weighted by atomic mass is 9.98. The lowest BCUT2D eigenvalue weighted by Gasteiger charge is -2.22. The molecular formula is C20H30IN5OS. The Bertz CT molecular complexity index is 754. The van der Waals surface area contributed by atoms with Crippen LogP contribution < -0.4 is 15.4 Å². The molecule has 1 fully saturated rings. The van der Waals surface area contributed by atoms with Gasteiger partial charge < -0.3 is 15.4 Å². The van der Waals surface area contributed by atoms with Crippen molar-refractivity contribution >= 4 is 41.3 Å². The maximum atomic E-state index is 6.06. The lowest BCUT2D eigenvalue weighted by Crippen LogP contribution is -2.36. The van der Waals surface area contributed by atoms with Crippen LogP contribution in [-0.4, -0.2) is 29.1 Å². The van der Waals surface area contributed by atoms with Crippen LogP contribution in [0.2, 0.25) is 0 Å². The molecule has 0 bridgehead atoms. The van der Waals surface area contributed by atoms with Crippen molar-refractivity contribution < 1.29 is 4.74 Å². The van der Waals surface area contributed by atoms with Gasteiger partial charge in [0, 0.05) is 30.7 Å². The molecule has 2 heterocycles. The summed E-state index contributed by atoms with van der Waals surface area (Å²) in [6.45, 7) is 5.48. The van der Waals surface area contributed by atoms with E-state index in [1.165, 1.54) is 24.1 Å². The molecule has 0 aliphatic heterocycles. The molecule has 2 aromatic rings. The number of pyridine rings is 1. The standard InChI is InChI=1S/C20H29N5OS.HI/c1-14-15(2)27-19(25-14)13-24-20(21-3)23-12-16-9-10-22-18(11-16)26-17-7-5-4-6-8-17;/h9-11,17H,4-8,12-13H2,1-3H3,(H2,21,23,24);1H. The number of nitrogens with zero attached hydrogens (tertiary/aromatic N) is 3. The second kappa shape index (κ2) is 11.5. The van der Waals surface area contributed by atoms with E-state index in [0.717, 1.165) is 40.9 Å². The fraction of sp³-hybridized carbons (Fsp3) is 0.550. The van der Waals surface area contributed by atoms with Crippen molar-refractivity contribution in [3.8, 4) is 5.88 Å². The molecule has 0 spiro atoms. The fourth-order valence-corrected chi connectivity index (χ4v) is 4.03. The number of nitrogens with one attached hydrogen (secondary N) is 2. The third-order valence-electron chi connectivity index (χ3n) is 4.80. The number of aryl methyl sites for hydroxylation is 2. The van der Waals surface area contributed by atoms with E-state index in [0.29, 0.717) is 19.2 Å². The molecule has 0 aromatic carbocycles. The average molecular weight is 515 g/mol. The number of hydrogen-bond acceptors (Lipinski definition) is 5. The molecule has 3 rings (SSSR count). The minimum atomic E-state index is 0. The molecular weight excluding hydrogens is 485 g/mol. The Kier molecular flexibility index (Phi) is 9.43. The average Bonchev–Trinajstić information content (AvgIpc) is 3.01. The Morgan fingerprint density at radius 3 is 2.64 bits per heavy atom. The van der Waals surface area contributed by atoms with Gasteiger partial charge in [0.2, 0.25) is 5.88 Å². The number of thiazole rings is 1. The summed E-state index contributed by atoms with van der Waals surface area (Å²) < 4.78 is 6.06. The van der Waals surface area contributed by atoms with E-state index in [1.54, 1.807) is 18.4 Å². The van der Waals surface area contributed by atoms with Crippen LogP contribution in [0.5, 0.6) is 5.88 Å². The molecule has 8 heteroatoms. The topological polar surface area (TPSA) is 71.4 Å². The minimum absolute atomic E-state index is 0. The summed E-state index contributed by atoms with van der Waals surface area (Å²) in [5.41, 5.74) is 2.22. The first kappa shape index (κ1) is 22.9. The molecule has 0 unspecified atom stereocenters. The number of hydrogen-bond donors (Lipinski definition) is 2. The van der Waals surface area contributed by atoms with Crippen LogP contribution in [0.15, 0.2) is 23.3 Å². The van der Waals surface area contributed by atoms with Gasteiger partial charge in [0.15, 0.2) is 5.96 Å². The SMILES string of the molecule is CN=C(NCc1ccnc(OC2CCCCC2)c1)NCc1nc(C)c(C)s1.I. The summed E-state index contributed by atoms with van der Waals surface area (Å²) in [5, 5.41) is 7.73. The lowest BCUT2D eigenvalue weighted by molar-refractivity contribution is 0.148. The van der Waals surface area contributed by atoms with E-state index in [2.05, 4.69) is 32.5 Å². The number of halogens is 1. The molecule has 0 radical (unpaired) electrons. The van der Waals surface area contributed by atoms with Gasteiger partial charge in [-0.2, -0.15) is 0 Å². The summed E-state index contributed by atoms with van der Waals surface area (Å²) >= 11 is 1.72. The maximum absolute atomic E-state index is 6.06. The van der Waals surface area contributed by atoms with Crippen LogP contribution in [0.1, 0.15) is 53.2 Å². The van der Waals surface area contributed by atoms with Gasteiger partial charge in [0.05, 0.1) is 12.2 Å². The monoisotopic (exact) mass is 515 g/mol. The van der Waals surface area contributed by atoms with Gasteiger partial charge in [-0.05, 0) is 51.2 Å². The molecule has 1 saturated carbocycles. The number of guanidine groups is 1. The fourth-order valence-electron chi connectivity index (χ4n) is 3.16. The first-order valence-electron chi connectivity index (χ1n) is 9.63. The minimum Gasteiger partial charge on any atom is -0.474 e. The van der Waals surface area contributed by atoms with E-state index in [1.807, 2.05) is 25.3 Å². The molecule has 2 aromatic heterocycles. The number of aliphatic imine (C=N–C) groups is 1. The van der Waals surface area contributed by atoms with Crippen molar-refractivity contribution in [2.24, 2.45) is 4.99 Å². The Morgan fingerprint density at radius 1 is 1.21 bits per heavy atom. The Balaban J connectivity index is 0.00000280. The van der Waals surface area contributed by atoms with Crippen molar-refractivity contribution in [3.63, 3.8) is 0 Å². The van der Waals surface area contributed by atoms with E-state index < -0.39 is 0 Å². The molecule has 0 amide bonds. The van der Waals surface area contributed by atoms with Crippen LogP contribution in [0.3, 0.4) is 0 Å². The van der Waals surface area contributed by atoms with Gasteiger partial charge in [-0.25, -0.2) is 9.97 Å². The van der Waals surface area contributed by atoms with Crippen molar-refractivity contribution in [2.75, 3.05) is 7.05 Å². The summed E-state index contributed by atoms with van der Waals surface area (Å²) in [6.07, 6.45) is 8.23. The van der Waals surface area contributed by atoms with Gasteiger partial charge >= 0.3 is 0 Å². The summed E-state index contributed by atoms with van der Waals surface area (Å²) in [6, 6.07) is 4.02. The molecule has 1 aliphatic carbocycles. The van der Waals surface area contributed by atoms with Crippen molar-refractivity contribution in [1.82, 2.24) is 20.6 Å². The molecule has 28 heavy (non-hydrogen) atoms. The first-order valence-corrected chi connectivity index (χ1v) is 10.4. The highest BCUT2D eigenvalue weighted by atomic mass is 127. The molecule has 0 atom stereocenters. The van der Waals surface area contributed by atoms with Gasteiger partial charge in [-0.3, -0.25) is 4.99 Å². The van der Waals surface area contributed by atoms with E-state index >= 15 is 0 Å². The largest absolute Gasteiger partial charge is 0.474 e. The van der Waals surface area contributed by atoms with Crippen molar-refractivity contribution in [1.29, 1.82) is 0 Å². The normalized spacial score (nSPS) is 15.0. The van der Waals surface area contributed by atoms with Crippen molar-refractivity contribution in [3.05, 3.63) is 39.5 Å². The zero-order valence-electron chi connectivity index (χ0n) is 16.8. The van der Waals surface area contributed by atoms with Crippen LogP contribution in [0, 0.1) is 13.8 Å². The Morgan fingerprint density at radius 2 is 1.96 bits per heavy atom. The maximum Gasteiger partial charge on any atom is 0.213 e. The second-order valence-corrected chi connectivity index (χ2v) is 8.20. The van der Waals surface area contributed by atoms with Crippen LogP contribution in [0.25, 0.3) is 0 Å². The number of rotatable bonds is 6. The second-order valence-electron chi connectivity index (χ2n) is 6.91. The van der Waals surface area contributed by atoms with Gasteiger partial charge in [0.25, 0.3) is 0 Å². The highest BCUT2D eigenvalue weighted by Gasteiger charge is 2.15. The Hall–Kier alpha value is -1.42. The predicted octanol–water partition coefficient (Wildman–Crippen LogP) is 4.35. The molecule has 2 N–H and O–H groups in total. The smallest absolute Gasteiger partial charge is 0.213 e. The van der Waals surface area contributed by atoms with Gasteiger partial charge in [-0.15, -0.1) is 35.3 Å². The van der Waals surface area contributed by atoms with E-state index in [4.69, 9.17) is 4.74 Å². The van der Waals surface area contributed by atoms with Crippen LogP contribution in [0.4, 0.5) is 0 Å². The summed E-state index contributed by atoms with van der Waals surface area (Å²) in [4.78, 5) is 14.5. The number of aromatic nitrogens is 2. The number of ether oxygens (including phenoxy) is 1. The molecule has 1 aliphatic rings. The molecule has 0 saturated heterocycles. The van der Waals surface area contributed by atoms with Crippen LogP contribution in [-0.2, 0) is 13.1 Å². The van der Waals surface area contributed by atoms with Crippen molar-refractivity contribution in [2.45, 2.75) is 65.1 Å². The first-order chi connectivity index (χ1) is 13.1. The predicted molar refractivity (Wildman–Crippen MR) is 126 cm³/mol. The van der Waals surface area contributed by atoms with E-state index in [-0.39, 0.29) is 24.0 Å². The summed E-state index contributed by atoms with van der Waals surface area (Å²) in [7, 11) is 1.78. The van der Waals surface area contributed by atoms with E-state index in [9.17, 15) is 0 Å². The zero-order chi connectivity index (χ0) is 19.1. The van der Waals surface area contributed by atoms with Gasteiger partial charge in [0.1, 0.15) is 11.1 Å². The highest BCUT2D eigenvalue weighted by molar-refractivity contribution is 14.0. The molecule has 154 valence electrons. The third kappa shape index (κ3) is 6.88. The highest BCUT2D eigenvalue weighted by Crippen LogP contribution is 2.22.